The Kier molecular flexibility index (Phi) is 8.46. The van der Waals surface area contributed by atoms with Crippen LogP contribution >= 0.6 is 19.2 Å². The zero-order valence-corrected chi connectivity index (χ0v) is 9.52. The van der Waals surface area contributed by atoms with Crippen LogP contribution in [-0.2, 0) is 23.2 Å². The van der Waals surface area contributed by atoms with Gasteiger partial charge in [0.25, 0.3) is 0 Å². The van der Waals surface area contributed by atoms with Crippen LogP contribution in [0.15, 0.2) is 0 Å². The molecule has 0 fully saturated rings. The van der Waals surface area contributed by atoms with Crippen LogP contribution in [0.1, 0.15) is 13.8 Å². The van der Waals surface area contributed by atoms with E-state index in [0.717, 1.165) is 6.92 Å². The molecule has 0 N–H and O–H groups in total. The molecule has 0 aromatic carbocycles. The highest BCUT2D eigenvalue weighted by Gasteiger charge is 2.27. The molecule has 7 heteroatoms. The Morgan fingerprint density at radius 2 is 1.38 bits per heavy atom. The van der Waals surface area contributed by atoms with Gasteiger partial charge in [0.1, 0.15) is 0 Å². The lowest BCUT2D eigenvalue weighted by molar-refractivity contribution is -0.112. The van der Waals surface area contributed by atoms with E-state index in [1.54, 1.807) is 0 Å². The lowest BCUT2D eigenvalue weighted by atomic mass is 10.9. The SMILES string of the molecule is CC(=O)Cl.COP(=O)(OC)C(C)=O. The minimum atomic E-state index is -3.39. The molecule has 0 aromatic rings. The van der Waals surface area contributed by atoms with Crippen molar-refractivity contribution in [3.63, 3.8) is 0 Å². The molecular formula is C6H12ClO5P. The van der Waals surface area contributed by atoms with Crippen molar-refractivity contribution in [3.8, 4) is 0 Å². The Hall–Kier alpha value is -0.220. The van der Waals surface area contributed by atoms with E-state index in [0.29, 0.717) is 0 Å². The minimum absolute atomic E-state index is 0.361. The first-order valence-electron chi connectivity index (χ1n) is 3.19. The van der Waals surface area contributed by atoms with Crippen LogP contribution < -0.4 is 0 Å². The van der Waals surface area contributed by atoms with Crippen molar-refractivity contribution in [2.45, 2.75) is 13.8 Å². The van der Waals surface area contributed by atoms with Gasteiger partial charge in [-0.3, -0.25) is 14.2 Å². The monoisotopic (exact) mass is 230 g/mol. The highest BCUT2D eigenvalue weighted by atomic mass is 35.5. The van der Waals surface area contributed by atoms with Crippen LogP contribution in [0.3, 0.4) is 0 Å². The highest BCUT2D eigenvalue weighted by Crippen LogP contribution is 2.46. The molecule has 0 unspecified atom stereocenters. The van der Waals surface area contributed by atoms with Crippen molar-refractivity contribution in [1.29, 1.82) is 0 Å². The van der Waals surface area contributed by atoms with Gasteiger partial charge in [0.05, 0.1) is 0 Å². The summed E-state index contributed by atoms with van der Waals surface area (Å²) >= 11 is 4.64. The maximum absolute atomic E-state index is 10.9. The summed E-state index contributed by atoms with van der Waals surface area (Å²) in [5.41, 5.74) is -0.576. The van der Waals surface area contributed by atoms with Crippen LogP contribution in [0.2, 0.25) is 0 Å². The molecule has 0 saturated heterocycles. The third-order valence-electron chi connectivity index (χ3n) is 0.866. The zero-order chi connectivity index (χ0) is 11.1. The number of halogens is 1. The molecule has 0 aliphatic carbocycles. The zero-order valence-electron chi connectivity index (χ0n) is 7.87. The fraction of sp³-hybridized carbons (Fsp3) is 0.667. The second-order valence-corrected chi connectivity index (χ2v) is 4.74. The molecule has 0 bridgehead atoms. The number of carbonyl (C=O) groups is 2. The number of hydrogen-bond acceptors (Lipinski definition) is 5. The Morgan fingerprint density at radius 3 is 1.38 bits per heavy atom. The van der Waals surface area contributed by atoms with Crippen molar-refractivity contribution in [2.24, 2.45) is 0 Å². The molecule has 0 saturated carbocycles. The van der Waals surface area contributed by atoms with Crippen LogP contribution in [0.5, 0.6) is 0 Å². The molecule has 0 amide bonds. The van der Waals surface area contributed by atoms with Crippen LogP contribution in [0, 0.1) is 0 Å². The molecule has 0 radical (unpaired) electrons. The van der Waals surface area contributed by atoms with Gasteiger partial charge in [-0.05, 0) is 11.6 Å². The number of hydrogen-bond donors (Lipinski definition) is 0. The van der Waals surface area contributed by atoms with Gasteiger partial charge < -0.3 is 9.05 Å². The smallest absolute Gasteiger partial charge is 0.307 e. The van der Waals surface area contributed by atoms with E-state index in [4.69, 9.17) is 0 Å². The van der Waals surface area contributed by atoms with E-state index in [-0.39, 0.29) is 5.24 Å². The summed E-state index contributed by atoms with van der Waals surface area (Å²) in [6.07, 6.45) is 0. The third kappa shape index (κ3) is 8.12. The van der Waals surface area contributed by atoms with E-state index in [9.17, 15) is 14.2 Å². The number of carbonyl (C=O) groups excluding carboxylic acids is 2. The summed E-state index contributed by atoms with van der Waals surface area (Å²) in [5.74, 6) is 0. The predicted octanol–water partition coefficient (Wildman–Crippen LogP) is 1.79. The fourth-order valence-corrected chi connectivity index (χ4v) is 0.995. The summed E-state index contributed by atoms with van der Waals surface area (Å²) in [6.45, 7) is 2.45. The van der Waals surface area contributed by atoms with Gasteiger partial charge in [0, 0.05) is 28.1 Å². The molecule has 13 heavy (non-hydrogen) atoms. The molecular weight excluding hydrogens is 218 g/mol. The second kappa shape index (κ2) is 7.21. The normalized spacial score (nSPS) is 9.92. The van der Waals surface area contributed by atoms with Gasteiger partial charge in [-0.15, -0.1) is 0 Å². The van der Waals surface area contributed by atoms with Gasteiger partial charge in [-0.2, -0.15) is 0 Å². The standard InChI is InChI=1S/C4H9O4P.C2H3ClO/c1-4(5)9(6,7-2)8-3;1-2(3)4/h1-3H3;1H3. The maximum atomic E-state index is 10.9. The first-order chi connectivity index (χ1) is 5.80. The van der Waals surface area contributed by atoms with Gasteiger partial charge >= 0.3 is 7.60 Å². The van der Waals surface area contributed by atoms with Gasteiger partial charge in [-0.25, -0.2) is 0 Å². The van der Waals surface area contributed by atoms with Crippen molar-refractivity contribution in [1.82, 2.24) is 0 Å². The topological polar surface area (TPSA) is 69.7 Å². The largest absolute Gasteiger partial charge is 0.395 e. The average Bonchev–Trinajstić information content (AvgIpc) is 2.01. The number of rotatable bonds is 3. The van der Waals surface area contributed by atoms with Crippen LogP contribution in [-0.4, -0.2) is 25.0 Å². The van der Waals surface area contributed by atoms with E-state index < -0.39 is 13.1 Å². The molecule has 5 nitrogen and oxygen atoms in total. The summed E-state index contributed by atoms with van der Waals surface area (Å²) in [5, 5.41) is -0.361. The quantitative estimate of drug-likeness (QED) is 0.546. The van der Waals surface area contributed by atoms with E-state index in [1.807, 2.05) is 0 Å². The maximum Gasteiger partial charge on any atom is 0.395 e. The molecule has 0 aliphatic rings. The highest BCUT2D eigenvalue weighted by molar-refractivity contribution is 7.71. The fourth-order valence-electron chi connectivity index (χ4n) is 0.332. The minimum Gasteiger partial charge on any atom is -0.307 e. The molecule has 0 heterocycles. The van der Waals surface area contributed by atoms with Crippen molar-refractivity contribution >= 4 is 30.0 Å². The Bertz CT molecular complexity index is 215. The van der Waals surface area contributed by atoms with Crippen molar-refractivity contribution in [2.75, 3.05) is 14.2 Å². The molecule has 0 aromatic heterocycles. The lowest BCUT2D eigenvalue weighted by Gasteiger charge is -2.07. The van der Waals surface area contributed by atoms with E-state index in [2.05, 4.69) is 20.6 Å². The van der Waals surface area contributed by atoms with Crippen molar-refractivity contribution in [3.05, 3.63) is 0 Å². The lowest BCUT2D eigenvalue weighted by Crippen LogP contribution is -1.97. The summed E-state index contributed by atoms with van der Waals surface area (Å²) < 4.78 is 19.5. The summed E-state index contributed by atoms with van der Waals surface area (Å²) in [7, 11) is -1.05. The molecule has 0 atom stereocenters. The molecule has 78 valence electrons. The molecule has 0 rings (SSSR count). The van der Waals surface area contributed by atoms with Gasteiger partial charge in [-0.1, -0.05) is 0 Å². The summed E-state index contributed by atoms with van der Waals surface area (Å²) in [4.78, 5) is 19.6. The van der Waals surface area contributed by atoms with Crippen LogP contribution in [0.25, 0.3) is 0 Å². The Morgan fingerprint density at radius 1 is 1.15 bits per heavy atom. The Balaban J connectivity index is 0. The van der Waals surface area contributed by atoms with E-state index >= 15 is 0 Å². The van der Waals surface area contributed by atoms with Gasteiger partial charge in [0.2, 0.25) is 10.8 Å². The molecule has 0 spiro atoms. The second-order valence-electron chi connectivity index (χ2n) is 1.85. The third-order valence-corrected chi connectivity index (χ3v) is 2.60. The Labute approximate surface area is 81.9 Å². The first-order valence-corrected chi connectivity index (χ1v) is 5.11. The molecule has 0 aliphatic heterocycles. The van der Waals surface area contributed by atoms with E-state index in [1.165, 1.54) is 21.1 Å². The summed E-state index contributed by atoms with van der Waals surface area (Å²) in [6, 6.07) is 0. The van der Waals surface area contributed by atoms with Crippen molar-refractivity contribution < 1.29 is 23.2 Å². The van der Waals surface area contributed by atoms with Gasteiger partial charge in [0.15, 0.2) is 0 Å². The average molecular weight is 231 g/mol. The van der Waals surface area contributed by atoms with Crippen LogP contribution in [0.4, 0.5) is 0 Å². The first kappa shape index (κ1) is 15.3. The predicted molar refractivity (Wildman–Crippen MR) is 48.8 cm³/mol.